The molecule has 7 heteroatoms. The third kappa shape index (κ3) is 7.11. The number of fused-ring (bicyclic) bond motifs is 1. The Morgan fingerprint density at radius 2 is 1.71 bits per heavy atom. The molecule has 38 heavy (non-hydrogen) atoms. The highest BCUT2D eigenvalue weighted by Gasteiger charge is 2.29. The fraction of sp³-hybridized carbons (Fsp3) is 0.290. The number of rotatable bonds is 11. The molecular formula is C31H34FN3O2S. The smallest absolute Gasteiger partial charge is 0.265 e. The minimum Gasteiger partial charge on any atom is -0.352 e. The monoisotopic (exact) mass is 531 g/mol. The summed E-state index contributed by atoms with van der Waals surface area (Å²) in [5.74, 6) is -0.616. The van der Waals surface area contributed by atoms with Crippen LogP contribution in [-0.2, 0) is 11.3 Å². The summed E-state index contributed by atoms with van der Waals surface area (Å²) in [5, 5.41) is 2.99. The maximum absolute atomic E-state index is 14.4. The molecule has 0 radical (unpaired) electrons. The van der Waals surface area contributed by atoms with E-state index in [0.717, 1.165) is 35.7 Å². The van der Waals surface area contributed by atoms with Crippen LogP contribution in [-0.4, -0.2) is 43.4 Å². The Hall–Kier alpha value is -3.42. The topological polar surface area (TPSA) is 52.7 Å². The van der Waals surface area contributed by atoms with Crippen LogP contribution in [0.2, 0.25) is 0 Å². The number of amides is 2. The highest BCUT2D eigenvalue weighted by atomic mass is 32.2. The Bertz CT molecular complexity index is 1290. The Morgan fingerprint density at radius 3 is 2.47 bits per heavy atom. The van der Waals surface area contributed by atoms with Crippen LogP contribution in [0.15, 0.2) is 82.6 Å². The molecule has 0 saturated heterocycles. The van der Waals surface area contributed by atoms with Crippen LogP contribution in [0.4, 0.5) is 10.1 Å². The predicted molar refractivity (Wildman–Crippen MR) is 154 cm³/mol. The number of benzene rings is 3. The molecule has 1 aliphatic heterocycles. The van der Waals surface area contributed by atoms with Crippen LogP contribution in [0, 0.1) is 5.82 Å². The summed E-state index contributed by atoms with van der Waals surface area (Å²) in [6.45, 7) is 4.99. The van der Waals surface area contributed by atoms with Gasteiger partial charge in [-0.25, -0.2) is 4.39 Å². The first kappa shape index (κ1) is 27.6. The summed E-state index contributed by atoms with van der Waals surface area (Å²) in [5.41, 5.74) is 2.64. The number of unbranched alkanes of at least 4 members (excludes halogenated alkanes) is 1. The Balaban J connectivity index is 1.42. The molecule has 4 rings (SSSR count). The zero-order valence-electron chi connectivity index (χ0n) is 22.0. The second-order valence-corrected chi connectivity index (χ2v) is 10.5. The van der Waals surface area contributed by atoms with Crippen molar-refractivity contribution >= 4 is 35.3 Å². The normalized spacial score (nSPS) is 14.2. The van der Waals surface area contributed by atoms with Crippen molar-refractivity contribution in [2.45, 2.75) is 37.6 Å². The maximum atomic E-state index is 14.4. The van der Waals surface area contributed by atoms with Crippen molar-refractivity contribution in [2.24, 2.45) is 0 Å². The van der Waals surface area contributed by atoms with Gasteiger partial charge in [-0.2, -0.15) is 0 Å². The number of thioether (sulfide) groups is 1. The summed E-state index contributed by atoms with van der Waals surface area (Å²) in [6.07, 6.45) is 5.09. The van der Waals surface area contributed by atoms with Crippen molar-refractivity contribution in [1.82, 2.24) is 10.2 Å². The molecule has 0 aromatic heterocycles. The molecular weight excluding hydrogens is 497 g/mol. The molecule has 2 amide bonds. The summed E-state index contributed by atoms with van der Waals surface area (Å²) in [6, 6.07) is 21.4. The molecule has 0 atom stereocenters. The molecule has 0 aliphatic carbocycles. The molecule has 3 aromatic rings. The van der Waals surface area contributed by atoms with E-state index in [4.69, 9.17) is 0 Å². The van der Waals surface area contributed by atoms with Gasteiger partial charge in [-0.3, -0.25) is 9.59 Å². The Morgan fingerprint density at radius 1 is 1.00 bits per heavy atom. The third-order valence-corrected chi connectivity index (χ3v) is 7.56. The highest BCUT2D eigenvalue weighted by molar-refractivity contribution is 8.04. The lowest BCUT2D eigenvalue weighted by atomic mass is 10.1. The molecule has 0 saturated carbocycles. The second-order valence-electron chi connectivity index (χ2n) is 9.45. The summed E-state index contributed by atoms with van der Waals surface area (Å²) in [7, 11) is 2.11. The van der Waals surface area contributed by atoms with Crippen LogP contribution in [0.5, 0.6) is 0 Å². The van der Waals surface area contributed by atoms with Crippen LogP contribution in [0.1, 0.15) is 47.7 Å². The summed E-state index contributed by atoms with van der Waals surface area (Å²) >= 11 is 1.40. The number of halogens is 1. The number of nitrogens with zero attached hydrogens (tertiary/aromatic N) is 2. The van der Waals surface area contributed by atoms with Crippen molar-refractivity contribution in [3.05, 3.63) is 100 Å². The van der Waals surface area contributed by atoms with Crippen LogP contribution >= 0.6 is 11.8 Å². The number of hydrogen-bond donors (Lipinski definition) is 1. The first-order chi connectivity index (χ1) is 18.5. The lowest BCUT2D eigenvalue weighted by Crippen LogP contribution is -2.34. The quantitative estimate of drug-likeness (QED) is 0.231. The fourth-order valence-corrected chi connectivity index (χ4v) is 5.35. The average molecular weight is 532 g/mol. The lowest BCUT2D eigenvalue weighted by Gasteiger charge is -2.30. The van der Waals surface area contributed by atoms with Gasteiger partial charge in [-0.15, -0.1) is 0 Å². The van der Waals surface area contributed by atoms with Gasteiger partial charge in [-0.1, -0.05) is 67.6 Å². The molecule has 0 spiro atoms. The minimum atomic E-state index is -0.334. The molecule has 0 unspecified atom stereocenters. The minimum absolute atomic E-state index is 0.103. The van der Waals surface area contributed by atoms with Gasteiger partial charge in [0.2, 0.25) is 0 Å². The lowest BCUT2D eigenvalue weighted by molar-refractivity contribution is -0.114. The van der Waals surface area contributed by atoms with E-state index in [1.165, 1.54) is 30.7 Å². The average Bonchev–Trinajstić information content (AvgIpc) is 2.93. The first-order valence-corrected chi connectivity index (χ1v) is 13.9. The van der Waals surface area contributed by atoms with E-state index in [1.54, 1.807) is 35.2 Å². The van der Waals surface area contributed by atoms with Crippen molar-refractivity contribution in [3.63, 3.8) is 0 Å². The van der Waals surface area contributed by atoms with Gasteiger partial charge in [0.1, 0.15) is 5.82 Å². The summed E-state index contributed by atoms with van der Waals surface area (Å²) < 4.78 is 14.4. The molecule has 0 fully saturated rings. The number of anilines is 1. The highest BCUT2D eigenvalue weighted by Crippen LogP contribution is 2.42. The second kappa shape index (κ2) is 13.4. The van der Waals surface area contributed by atoms with Crippen LogP contribution in [0.3, 0.4) is 0 Å². The van der Waals surface area contributed by atoms with E-state index >= 15 is 0 Å². The van der Waals surface area contributed by atoms with Crippen molar-refractivity contribution < 1.29 is 14.0 Å². The third-order valence-electron chi connectivity index (χ3n) is 6.48. The van der Waals surface area contributed by atoms with Crippen LogP contribution in [0.25, 0.3) is 6.08 Å². The van der Waals surface area contributed by atoms with Gasteiger partial charge < -0.3 is 15.1 Å². The number of carbonyl (C=O) groups is 2. The van der Waals surface area contributed by atoms with Crippen molar-refractivity contribution in [2.75, 3.05) is 31.6 Å². The van der Waals surface area contributed by atoms with Gasteiger partial charge in [0.25, 0.3) is 11.8 Å². The molecule has 1 N–H and O–H groups in total. The van der Waals surface area contributed by atoms with E-state index in [-0.39, 0.29) is 24.2 Å². The Kier molecular flexibility index (Phi) is 9.73. The molecule has 1 heterocycles. The predicted octanol–water partition coefficient (Wildman–Crippen LogP) is 6.36. The van der Waals surface area contributed by atoms with E-state index < -0.39 is 0 Å². The molecule has 198 valence electrons. The zero-order valence-corrected chi connectivity index (χ0v) is 22.8. The van der Waals surface area contributed by atoms with Crippen molar-refractivity contribution in [3.8, 4) is 0 Å². The number of carbonyl (C=O) groups excluding carboxylic acids is 2. The molecule has 5 nitrogen and oxygen atoms in total. The Labute approximate surface area is 228 Å². The zero-order chi connectivity index (χ0) is 26.9. The van der Waals surface area contributed by atoms with Gasteiger partial charge >= 0.3 is 0 Å². The van der Waals surface area contributed by atoms with Gasteiger partial charge in [0, 0.05) is 22.6 Å². The van der Waals surface area contributed by atoms with Gasteiger partial charge in [0.05, 0.1) is 17.1 Å². The molecule has 3 aromatic carbocycles. The van der Waals surface area contributed by atoms with Gasteiger partial charge in [0.15, 0.2) is 0 Å². The number of hydrogen-bond acceptors (Lipinski definition) is 4. The van der Waals surface area contributed by atoms with Gasteiger partial charge in [-0.05, 0) is 75.0 Å². The van der Waals surface area contributed by atoms with E-state index in [9.17, 15) is 14.0 Å². The first-order valence-electron chi connectivity index (χ1n) is 13.1. The van der Waals surface area contributed by atoms with Crippen molar-refractivity contribution in [1.29, 1.82) is 0 Å². The maximum Gasteiger partial charge on any atom is 0.265 e. The SMILES string of the molecule is CCCCN(C)CCCNC(=O)c1ccc(/C=C2\Sc3ccccc3N(Cc3ccccc3F)C2=O)cc1. The summed E-state index contributed by atoms with van der Waals surface area (Å²) in [4.78, 5) is 31.4. The largest absolute Gasteiger partial charge is 0.352 e. The van der Waals surface area contributed by atoms with E-state index in [1.807, 2.05) is 42.5 Å². The van der Waals surface area contributed by atoms with E-state index in [2.05, 4.69) is 24.2 Å². The molecule has 1 aliphatic rings. The molecule has 0 bridgehead atoms. The van der Waals surface area contributed by atoms with Crippen LogP contribution < -0.4 is 10.2 Å². The fourth-order valence-electron chi connectivity index (χ4n) is 4.29. The standard InChI is InChI=1S/C31H34FN3O2S/c1-3-4-19-34(2)20-9-18-33-30(36)24-16-14-23(15-17-24)21-29-31(37)35(22-25-10-5-6-11-26(25)32)27-12-7-8-13-28(27)38-29/h5-8,10-17,21H,3-4,9,18-20,22H2,1-2H3,(H,33,36)/b29-21-. The number of nitrogens with one attached hydrogen (secondary N) is 1. The van der Waals surface area contributed by atoms with E-state index in [0.29, 0.717) is 22.6 Å². The number of para-hydroxylation sites is 1.